The summed E-state index contributed by atoms with van der Waals surface area (Å²) in [6.45, 7) is 0. The number of ether oxygens (including phenoxy) is 1. The quantitative estimate of drug-likeness (QED) is 0.426. The first-order valence-electron chi connectivity index (χ1n) is 6.78. The van der Waals surface area contributed by atoms with Gasteiger partial charge in [0.25, 0.3) is 11.6 Å². The highest BCUT2D eigenvalue weighted by Crippen LogP contribution is 2.32. The second-order valence-corrected chi connectivity index (χ2v) is 5.84. The van der Waals surface area contributed by atoms with Crippen LogP contribution < -0.4 is 15.8 Å². The Balaban J connectivity index is 1.90. The fourth-order valence-electron chi connectivity index (χ4n) is 2.15. The zero-order valence-corrected chi connectivity index (χ0v) is 13.3. The smallest absolute Gasteiger partial charge is 0.292 e. The Morgan fingerprint density at radius 2 is 2.17 bits per heavy atom. The number of aromatic nitrogens is 1. The minimum absolute atomic E-state index is 0.00118. The number of fused-ring (bicyclic) bond motifs is 1. The molecule has 8 nitrogen and oxygen atoms in total. The zero-order chi connectivity index (χ0) is 17.3. The summed E-state index contributed by atoms with van der Waals surface area (Å²) in [4.78, 5) is 26.9. The summed E-state index contributed by atoms with van der Waals surface area (Å²) >= 11 is 1.28. The Morgan fingerprint density at radius 1 is 1.38 bits per heavy atom. The molecule has 3 N–H and O–H groups in total. The van der Waals surface area contributed by atoms with Crippen LogP contribution in [-0.2, 0) is 0 Å². The molecule has 2 aromatic carbocycles. The summed E-state index contributed by atoms with van der Waals surface area (Å²) < 4.78 is 6.08. The van der Waals surface area contributed by atoms with Crippen molar-refractivity contribution in [3.05, 3.63) is 52.1 Å². The van der Waals surface area contributed by atoms with Gasteiger partial charge in [0.1, 0.15) is 17.0 Å². The number of nitrogens with zero attached hydrogens (tertiary/aromatic N) is 2. The monoisotopic (exact) mass is 344 g/mol. The van der Waals surface area contributed by atoms with E-state index in [2.05, 4.69) is 10.3 Å². The van der Waals surface area contributed by atoms with Crippen LogP contribution in [0.5, 0.6) is 5.75 Å². The standard InChI is InChI=1S/C15H12N4O4S/c1-23-11-3-2-4-12-13(11)17-15(24-12)18-14(20)8-5-6-9(16)10(7-8)19(21)22/h2-7H,16H2,1H3,(H,17,18,20). The average Bonchev–Trinajstić information content (AvgIpc) is 2.97. The molecular formula is C15H12N4O4S. The third-order valence-electron chi connectivity index (χ3n) is 3.31. The Labute approximate surface area is 140 Å². The first-order valence-corrected chi connectivity index (χ1v) is 7.60. The minimum atomic E-state index is -0.630. The number of para-hydroxylation sites is 1. The molecule has 0 fully saturated rings. The van der Waals surface area contributed by atoms with E-state index in [0.717, 1.165) is 10.8 Å². The molecule has 0 radical (unpaired) electrons. The summed E-state index contributed by atoms with van der Waals surface area (Å²) in [6, 6.07) is 9.35. The molecule has 0 aliphatic rings. The van der Waals surface area contributed by atoms with E-state index in [9.17, 15) is 14.9 Å². The first kappa shape index (κ1) is 15.7. The van der Waals surface area contributed by atoms with Gasteiger partial charge >= 0.3 is 0 Å². The van der Waals surface area contributed by atoms with Crippen molar-refractivity contribution in [2.75, 3.05) is 18.2 Å². The predicted molar refractivity (Wildman–Crippen MR) is 91.6 cm³/mol. The molecule has 1 amide bonds. The summed E-state index contributed by atoms with van der Waals surface area (Å²) in [5.41, 5.74) is 5.99. The number of nitro benzene ring substituents is 1. The van der Waals surface area contributed by atoms with Crippen molar-refractivity contribution in [2.24, 2.45) is 0 Å². The Bertz CT molecular complexity index is 954. The van der Waals surface area contributed by atoms with Gasteiger partial charge in [-0.1, -0.05) is 17.4 Å². The van der Waals surface area contributed by atoms with Crippen molar-refractivity contribution in [3.8, 4) is 5.75 Å². The molecule has 0 bridgehead atoms. The summed E-state index contributed by atoms with van der Waals surface area (Å²) in [7, 11) is 1.54. The number of nitro groups is 1. The van der Waals surface area contributed by atoms with Crippen molar-refractivity contribution in [1.29, 1.82) is 0 Å². The van der Waals surface area contributed by atoms with Gasteiger partial charge in [-0.3, -0.25) is 20.2 Å². The van der Waals surface area contributed by atoms with E-state index < -0.39 is 10.8 Å². The number of benzene rings is 2. The lowest BCUT2D eigenvalue weighted by Crippen LogP contribution is -2.12. The molecule has 1 aromatic heterocycles. The van der Waals surface area contributed by atoms with Crippen LogP contribution in [0.3, 0.4) is 0 Å². The third-order valence-corrected chi connectivity index (χ3v) is 4.25. The Hall–Kier alpha value is -3.20. The van der Waals surface area contributed by atoms with E-state index in [4.69, 9.17) is 10.5 Å². The van der Waals surface area contributed by atoms with E-state index >= 15 is 0 Å². The fraction of sp³-hybridized carbons (Fsp3) is 0.0667. The minimum Gasteiger partial charge on any atom is -0.494 e. The third kappa shape index (κ3) is 2.84. The summed E-state index contributed by atoms with van der Waals surface area (Å²) in [6.07, 6.45) is 0. The van der Waals surface area contributed by atoms with Crippen LogP contribution in [0.2, 0.25) is 0 Å². The number of thiazole rings is 1. The number of nitrogens with two attached hydrogens (primary N) is 1. The normalized spacial score (nSPS) is 10.5. The average molecular weight is 344 g/mol. The predicted octanol–water partition coefficient (Wildman–Crippen LogP) is 3.05. The molecule has 0 saturated heterocycles. The molecule has 0 atom stereocenters. The van der Waals surface area contributed by atoms with Gasteiger partial charge in [0.15, 0.2) is 5.13 Å². The topological polar surface area (TPSA) is 120 Å². The largest absolute Gasteiger partial charge is 0.494 e. The molecule has 0 unspecified atom stereocenters. The lowest BCUT2D eigenvalue weighted by atomic mass is 10.1. The molecule has 122 valence electrons. The number of nitrogens with one attached hydrogen (secondary N) is 1. The van der Waals surface area contributed by atoms with Crippen molar-refractivity contribution >= 4 is 44.0 Å². The van der Waals surface area contributed by atoms with Gasteiger partial charge in [-0.25, -0.2) is 4.98 Å². The van der Waals surface area contributed by atoms with Crippen LogP contribution in [0, 0.1) is 10.1 Å². The van der Waals surface area contributed by atoms with Crippen LogP contribution in [0.25, 0.3) is 10.2 Å². The molecule has 0 saturated carbocycles. The molecular weight excluding hydrogens is 332 g/mol. The number of carbonyl (C=O) groups excluding carboxylic acids is 1. The molecule has 3 rings (SSSR count). The highest BCUT2D eigenvalue weighted by atomic mass is 32.1. The highest BCUT2D eigenvalue weighted by molar-refractivity contribution is 7.22. The van der Waals surface area contributed by atoms with E-state index in [-0.39, 0.29) is 16.9 Å². The summed E-state index contributed by atoms with van der Waals surface area (Å²) in [5.74, 6) is 0.100. The Morgan fingerprint density at radius 3 is 2.88 bits per heavy atom. The van der Waals surface area contributed by atoms with Gasteiger partial charge in [-0.15, -0.1) is 0 Å². The number of amides is 1. The molecule has 0 aliphatic carbocycles. The maximum atomic E-state index is 12.3. The number of nitrogen functional groups attached to an aromatic ring is 1. The molecule has 24 heavy (non-hydrogen) atoms. The Kier molecular flexibility index (Phi) is 4.00. The van der Waals surface area contributed by atoms with Crippen LogP contribution in [0.4, 0.5) is 16.5 Å². The van der Waals surface area contributed by atoms with Crippen molar-refractivity contribution in [3.63, 3.8) is 0 Å². The lowest BCUT2D eigenvalue weighted by Gasteiger charge is -2.03. The lowest BCUT2D eigenvalue weighted by molar-refractivity contribution is -0.383. The molecule has 0 aliphatic heterocycles. The number of rotatable bonds is 4. The van der Waals surface area contributed by atoms with Gasteiger partial charge in [0.05, 0.1) is 16.7 Å². The number of anilines is 2. The first-order chi connectivity index (χ1) is 11.5. The van der Waals surface area contributed by atoms with Crippen LogP contribution in [0.1, 0.15) is 10.4 Å². The number of hydrogen-bond acceptors (Lipinski definition) is 7. The van der Waals surface area contributed by atoms with E-state index in [1.165, 1.54) is 23.5 Å². The van der Waals surface area contributed by atoms with Gasteiger partial charge in [-0.05, 0) is 24.3 Å². The van der Waals surface area contributed by atoms with Gasteiger partial charge in [0.2, 0.25) is 0 Å². The van der Waals surface area contributed by atoms with Gasteiger partial charge < -0.3 is 10.5 Å². The zero-order valence-electron chi connectivity index (χ0n) is 12.5. The molecule has 9 heteroatoms. The van der Waals surface area contributed by atoms with E-state index in [1.807, 2.05) is 12.1 Å². The second kappa shape index (κ2) is 6.13. The number of methoxy groups -OCH3 is 1. The molecule has 3 aromatic rings. The van der Waals surface area contributed by atoms with Crippen LogP contribution in [-0.4, -0.2) is 22.9 Å². The van der Waals surface area contributed by atoms with E-state index in [0.29, 0.717) is 16.4 Å². The van der Waals surface area contributed by atoms with Crippen molar-refractivity contribution < 1.29 is 14.5 Å². The molecule has 1 heterocycles. The highest BCUT2D eigenvalue weighted by Gasteiger charge is 2.17. The van der Waals surface area contributed by atoms with Gasteiger partial charge in [0, 0.05) is 11.6 Å². The van der Waals surface area contributed by atoms with Crippen molar-refractivity contribution in [2.45, 2.75) is 0 Å². The maximum Gasteiger partial charge on any atom is 0.292 e. The van der Waals surface area contributed by atoms with Crippen molar-refractivity contribution in [1.82, 2.24) is 4.98 Å². The van der Waals surface area contributed by atoms with E-state index in [1.54, 1.807) is 13.2 Å². The van der Waals surface area contributed by atoms with Crippen LogP contribution in [0.15, 0.2) is 36.4 Å². The second-order valence-electron chi connectivity index (χ2n) is 4.81. The number of hydrogen-bond donors (Lipinski definition) is 2. The maximum absolute atomic E-state index is 12.3. The molecule has 0 spiro atoms. The number of carbonyl (C=O) groups is 1. The summed E-state index contributed by atoms with van der Waals surface area (Å²) in [5, 5.41) is 13.9. The van der Waals surface area contributed by atoms with Gasteiger partial charge in [-0.2, -0.15) is 0 Å². The SMILES string of the molecule is COc1cccc2sc(NC(=O)c3ccc(N)c([N+](=O)[O-])c3)nc12. The fourth-order valence-corrected chi connectivity index (χ4v) is 3.03. The van der Waals surface area contributed by atoms with Crippen LogP contribution >= 0.6 is 11.3 Å².